The third-order valence-corrected chi connectivity index (χ3v) is 3.13. The van der Waals surface area contributed by atoms with Gasteiger partial charge in [-0.15, -0.1) is 0 Å². The van der Waals surface area contributed by atoms with Crippen LogP contribution in [0.5, 0.6) is 0 Å². The summed E-state index contributed by atoms with van der Waals surface area (Å²) >= 11 is 0. The molecular formula is C13H14N4. The maximum absolute atomic E-state index is 5.81. The molecule has 2 heterocycles. The van der Waals surface area contributed by atoms with E-state index >= 15 is 0 Å². The summed E-state index contributed by atoms with van der Waals surface area (Å²) in [5, 5.41) is 5.62. The summed E-state index contributed by atoms with van der Waals surface area (Å²) in [4.78, 5) is 0. The van der Waals surface area contributed by atoms with Gasteiger partial charge in [0.25, 0.3) is 0 Å². The fourth-order valence-electron chi connectivity index (χ4n) is 2.14. The number of nitrogens with two attached hydrogens (primary N) is 1. The molecule has 2 aromatic heterocycles. The number of rotatable bonds is 1. The maximum atomic E-state index is 5.81. The van der Waals surface area contributed by atoms with Crippen molar-refractivity contribution in [3.63, 3.8) is 0 Å². The molecule has 0 aliphatic rings. The molecule has 3 rings (SSSR count). The molecule has 1 aromatic carbocycles. The molecule has 0 amide bonds. The van der Waals surface area contributed by atoms with Gasteiger partial charge in [0.05, 0.1) is 5.69 Å². The summed E-state index contributed by atoms with van der Waals surface area (Å²) in [5.74, 6) is 0.672. The second-order valence-electron chi connectivity index (χ2n) is 4.23. The number of anilines is 1. The minimum atomic E-state index is 0.672. The van der Waals surface area contributed by atoms with Gasteiger partial charge in [-0.1, -0.05) is 18.2 Å². The van der Waals surface area contributed by atoms with Crippen molar-refractivity contribution in [2.45, 2.75) is 0 Å². The van der Waals surface area contributed by atoms with Gasteiger partial charge in [0, 0.05) is 31.1 Å². The van der Waals surface area contributed by atoms with E-state index in [4.69, 9.17) is 5.73 Å². The Morgan fingerprint density at radius 1 is 1.12 bits per heavy atom. The molecule has 0 radical (unpaired) electrons. The van der Waals surface area contributed by atoms with Crippen molar-refractivity contribution in [2.24, 2.45) is 14.1 Å². The molecule has 4 heteroatoms. The van der Waals surface area contributed by atoms with E-state index in [2.05, 4.69) is 27.9 Å². The van der Waals surface area contributed by atoms with Crippen LogP contribution in [0.3, 0.4) is 0 Å². The van der Waals surface area contributed by atoms with Crippen LogP contribution in [0, 0.1) is 0 Å². The zero-order valence-corrected chi connectivity index (χ0v) is 9.88. The van der Waals surface area contributed by atoms with Crippen molar-refractivity contribution in [3.8, 4) is 11.4 Å². The second-order valence-corrected chi connectivity index (χ2v) is 4.23. The number of hydrogen-bond donors (Lipinski definition) is 1. The van der Waals surface area contributed by atoms with Gasteiger partial charge in [-0.3, -0.25) is 4.68 Å². The average molecular weight is 226 g/mol. The second kappa shape index (κ2) is 3.38. The van der Waals surface area contributed by atoms with Gasteiger partial charge >= 0.3 is 0 Å². The fraction of sp³-hybridized carbons (Fsp3) is 0.154. The predicted octanol–water partition coefficient (Wildman–Crippen LogP) is 2.16. The fourth-order valence-corrected chi connectivity index (χ4v) is 2.14. The molecule has 0 saturated heterocycles. The van der Waals surface area contributed by atoms with Crippen molar-refractivity contribution in [2.75, 3.05) is 5.73 Å². The quantitative estimate of drug-likeness (QED) is 0.691. The zero-order chi connectivity index (χ0) is 12.0. The highest BCUT2D eigenvalue weighted by molar-refractivity contribution is 5.86. The summed E-state index contributed by atoms with van der Waals surface area (Å²) in [6.07, 6.45) is 0. The average Bonchev–Trinajstić information content (AvgIpc) is 2.82. The predicted molar refractivity (Wildman–Crippen MR) is 69.5 cm³/mol. The number of nitrogens with zero attached hydrogens (tertiary/aromatic N) is 3. The first-order valence-corrected chi connectivity index (χ1v) is 5.51. The number of hydrogen-bond acceptors (Lipinski definition) is 2. The molecular weight excluding hydrogens is 212 g/mol. The molecule has 0 aliphatic carbocycles. The topological polar surface area (TPSA) is 48.8 Å². The van der Waals surface area contributed by atoms with E-state index in [0.717, 1.165) is 11.4 Å². The standard InChI is InChI=1S/C13H14N4/c1-16-11-6-4-3-5-9(11)7-12(16)10-8-13(14)17(2)15-10/h3-8H,14H2,1-2H3. The lowest BCUT2D eigenvalue weighted by Crippen LogP contribution is -1.97. The molecule has 0 bridgehead atoms. The van der Waals surface area contributed by atoms with E-state index < -0.39 is 0 Å². The number of aryl methyl sites for hydroxylation is 2. The van der Waals surface area contributed by atoms with Crippen molar-refractivity contribution < 1.29 is 0 Å². The SMILES string of the molecule is Cn1nc(-c2cc3ccccc3n2C)cc1N. The Bertz CT molecular complexity index is 671. The first-order chi connectivity index (χ1) is 8.16. The number of benzene rings is 1. The van der Waals surface area contributed by atoms with Crippen LogP contribution in [0.25, 0.3) is 22.3 Å². The first-order valence-electron chi connectivity index (χ1n) is 5.51. The van der Waals surface area contributed by atoms with E-state index in [1.165, 1.54) is 10.9 Å². The van der Waals surface area contributed by atoms with Crippen LogP contribution in [0.4, 0.5) is 5.82 Å². The lowest BCUT2D eigenvalue weighted by atomic mass is 10.2. The van der Waals surface area contributed by atoms with Crippen molar-refractivity contribution in [3.05, 3.63) is 36.4 Å². The number of fused-ring (bicyclic) bond motifs is 1. The Kier molecular flexibility index (Phi) is 1.98. The number of para-hydroxylation sites is 1. The molecule has 4 nitrogen and oxygen atoms in total. The van der Waals surface area contributed by atoms with Crippen LogP contribution in [-0.4, -0.2) is 14.3 Å². The number of aromatic nitrogens is 3. The van der Waals surface area contributed by atoms with Crippen molar-refractivity contribution in [1.29, 1.82) is 0 Å². The van der Waals surface area contributed by atoms with Crippen LogP contribution in [0.1, 0.15) is 0 Å². The molecule has 17 heavy (non-hydrogen) atoms. The summed E-state index contributed by atoms with van der Waals surface area (Å²) in [6.45, 7) is 0. The van der Waals surface area contributed by atoms with Gasteiger partial charge in [-0.05, 0) is 12.1 Å². The van der Waals surface area contributed by atoms with E-state index in [1.807, 2.05) is 32.3 Å². The van der Waals surface area contributed by atoms with Crippen LogP contribution in [-0.2, 0) is 14.1 Å². The largest absolute Gasteiger partial charge is 0.384 e. The van der Waals surface area contributed by atoms with Crippen LogP contribution < -0.4 is 5.73 Å². The van der Waals surface area contributed by atoms with Crippen LogP contribution >= 0.6 is 0 Å². The molecule has 0 atom stereocenters. The van der Waals surface area contributed by atoms with E-state index in [1.54, 1.807) is 4.68 Å². The Labute approximate surface area is 99.3 Å². The Morgan fingerprint density at radius 3 is 2.53 bits per heavy atom. The van der Waals surface area contributed by atoms with Gasteiger partial charge < -0.3 is 10.3 Å². The molecule has 0 spiro atoms. The van der Waals surface area contributed by atoms with E-state index in [-0.39, 0.29) is 0 Å². The van der Waals surface area contributed by atoms with Gasteiger partial charge in [0.15, 0.2) is 0 Å². The van der Waals surface area contributed by atoms with Crippen molar-refractivity contribution >= 4 is 16.7 Å². The molecule has 0 unspecified atom stereocenters. The van der Waals surface area contributed by atoms with Gasteiger partial charge in [0.2, 0.25) is 0 Å². The van der Waals surface area contributed by atoms with Gasteiger partial charge in [-0.2, -0.15) is 5.10 Å². The highest BCUT2D eigenvalue weighted by atomic mass is 15.3. The minimum Gasteiger partial charge on any atom is -0.384 e. The van der Waals surface area contributed by atoms with Gasteiger partial charge in [-0.25, -0.2) is 0 Å². The van der Waals surface area contributed by atoms with Crippen LogP contribution in [0.15, 0.2) is 36.4 Å². The molecule has 3 aromatic rings. The third-order valence-electron chi connectivity index (χ3n) is 3.13. The lowest BCUT2D eigenvalue weighted by Gasteiger charge is -2.00. The minimum absolute atomic E-state index is 0.672. The Morgan fingerprint density at radius 2 is 1.88 bits per heavy atom. The first kappa shape index (κ1) is 9.96. The summed E-state index contributed by atoms with van der Waals surface area (Å²) in [7, 11) is 3.89. The highest BCUT2D eigenvalue weighted by Gasteiger charge is 2.11. The Hall–Kier alpha value is -2.23. The summed E-state index contributed by atoms with van der Waals surface area (Å²) in [6, 6.07) is 12.3. The highest BCUT2D eigenvalue weighted by Crippen LogP contribution is 2.26. The molecule has 0 fully saturated rings. The monoisotopic (exact) mass is 226 g/mol. The molecule has 0 saturated carbocycles. The summed E-state index contributed by atoms with van der Waals surface area (Å²) in [5.41, 5.74) is 9.00. The van der Waals surface area contributed by atoms with E-state index in [0.29, 0.717) is 5.82 Å². The summed E-state index contributed by atoms with van der Waals surface area (Å²) < 4.78 is 3.82. The molecule has 0 aliphatic heterocycles. The van der Waals surface area contributed by atoms with E-state index in [9.17, 15) is 0 Å². The zero-order valence-electron chi connectivity index (χ0n) is 9.88. The normalized spacial score (nSPS) is 11.2. The number of nitrogen functional groups attached to an aromatic ring is 1. The smallest absolute Gasteiger partial charge is 0.122 e. The van der Waals surface area contributed by atoms with Gasteiger partial charge in [0.1, 0.15) is 11.5 Å². The van der Waals surface area contributed by atoms with Crippen molar-refractivity contribution in [1.82, 2.24) is 14.3 Å². The Balaban J connectivity index is 2.27. The lowest BCUT2D eigenvalue weighted by molar-refractivity contribution is 0.779. The third kappa shape index (κ3) is 1.41. The molecule has 86 valence electrons. The van der Waals surface area contributed by atoms with Crippen LogP contribution in [0.2, 0.25) is 0 Å². The maximum Gasteiger partial charge on any atom is 0.122 e. The molecule has 2 N–H and O–H groups in total.